The van der Waals surface area contributed by atoms with Crippen molar-refractivity contribution in [3.8, 4) is 0 Å². The van der Waals surface area contributed by atoms with Gasteiger partial charge in [0.25, 0.3) is 5.91 Å². The fraction of sp³-hybridized carbons (Fsp3) is 0.526. The van der Waals surface area contributed by atoms with Gasteiger partial charge in [0.2, 0.25) is 0 Å². The van der Waals surface area contributed by atoms with Crippen molar-refractivity contribution in [2.45, 2.75) is 64.2 Å². The van der Waals surface area contributed by atoms with E-state index in [1.54, 1.807) is 6.21 Å². The highest BCUT2D eigenvalue weighted by Gasteiger charge is 2.32. The van der Waals surface area contributed by atoms with Gasteiger partial charge >= 0.3 is 0 Å². The first kappa shape index (κ1) is 19.3. The Balaban J connectivity index is 2.04. The third-order valence-corrected chi connectivity index (χ3v) is 4.99. The first-order valence-corrected chi connectivity index (χ1v) is 9.40. The number of aromatic nitrogens is 1. The Labute approximate surface area is 158 Å². The Kier molecular flexibility index (Phi) is 5.74. The van der Waals surface area contributed by atoms with Crippen LogP contribution in [0.2, 0.25) is 0 Å². The van der Waals surface area contributed by atoms with Crippen LogP contribution >= 0.6 is 0 Å². The number of hydrogen-bond donors (Lipinski definition) is 4. The molecule has 1 aromatic heterocycles. The van der Waals surface area contributed by atoms with Crippen LogP contribution in [0.4, 0.5) is 10.2 Å². The number of carbonyl (C=O) groups is 1. The average molecular weight is 374 g/mol. The van der Waals surface area contributed by atoms with Gasteiger partial charge in [-0.1, -0.05) is 12.8 Å². The van der Waals surface area contributed by atoms with Gasteiger partial charge in [-0.3, -0.25) is 9.79 Å². The number of allylic oxidation sites excluding steroid dienone is 1. The number of aliphatic imine (C=N–C) groups is 1. The standard InChI is InChI=1S/C19H27FN6O/c1-10(2)23-8-11(7-21)17-15-12(9-24-19(15)27)16(20)18(26-17)25-14-6-4-3-5-13(14)22/h7-8,10,13-14H,3-6,9,21-22H2,1-2H3,(H,24,27)(H,25,26)/t13-,14+/m0/s1. The summed E-state index contributed by atoms with van der Waals surface area (Å²) in [7, 11) is 0. The lowest BCUT2D eigenvalue weighted by Crippen LogP contribution is -2.43. The summed E-state index contributed by atoms with van der Waals surface area (Å²) in [6, 6.07) is -0.0464. The largest absolute Gasteiger partial charge is 0.404 e. The highest BCUT2D eigenvalue weighted by molar-refractivity contribution is 6.14. The van der Waals surface area contributed by atoms with Gasteiger partial charge in [-0.05, 0) is 26.7 Å². The maximum atomic E-state index is 15.0. The number of nitrogens with zero attached hydrogens (tertiary/aromatic N) is 2. The molecule has 0 saturated heterocycles. The topological polar surface area (TPSA) is 118 Å². The third-order valence-electron chi connectivity index (χ3n) is 4.99. The predicted octanol–water partition coefficient (Wildman–Crippen LogP) is 1.92. The second-order valence-electron chi connectivity index (χ2n) is 7.35. The summed E-state index contributed by atoms with van der Waals surface area (Å²) in [4.78, 5) is 21.0. The van der Waals surface area contributed by atoms with Crippen LogP contribution in [0.3, 0.4) is 0 Å². The predicted molar refractivity (Wildman–Crippen MR) is 105 cm³/mol. The van der Waals surface area contributed by atoms with E-state index in [4.69, 9.17) is 11.5 Å². The van der Waals surface area contributed by atoms with Gasteiger partial charge in [-0.15, -0.1) is 0 Å². The van der Waals surface area contributed by atoms with Crippen molar-refractivity contribution >= 4 is 23.5 Å². The fourth-order valence-corrected chi connectivity index (χ4v) is 3.51. The smallest absolute Gasteiger partial charge is 0.254 e. The molecule has 0 aromatic carbocycles. The molecule has 1 amide bonds. The summed E-state index contributed by atoms with van der Waals surface area (Å²) in [5.74, 6) is -0.758. The van der Waals surface area contributed by atoms with Crippen molar-refractivity contribution in [3.63, 3.8) is 0 Å². The normalized spacial score (nSPS) is 23.0. The molecule has 1 aliphatic heterocycles. The number of pyridine rings is 1. The zero-order valence-corrected chi connectivity index (χ0v) is 15.8. The Morgan fingerprint density at radius 2 is 2.15 bits per heavy atom. The molecular formula is C19H27FN6O. The second-order valence-corrected chi connectivity index (χ2v) is 7.35. The molecule has 0 spiro atoms. The van der Waals surface area contributed by atoms with E-state index >= 15 is 4.39 Å². The number of halogens is 1. The summed E-state index contributed by atoms with van der Waals surface area (Å²) in [5.41, 5.74) is 13.3. The minimum Gasteiger partial charge on any atom is -0.404 e. The van der Waals surface area contributed by atoms with Crippen LogP contribution in [0, 0.1) is 5.82 Å². The van der Waals surface area contributed by atoms with Gasteiger partial charge in [0.15, 0.2) is 11.6 Å². The van der Waals surface area contributed by atoms with Gasteiger partial charge in [-0.25, -0.2) is 9.37 Å². The summed E-state index contributed by atoms with van der Waals surface area (Å²) >= 11 is 0. The monoisotopic (exact) mass is 374 g/mol. The van der Waals surface area contributed by atoms with Crippen molar-refractivity contribution in [1.82, 2.24) is 10.3 Å². The van der Waals surface area contributed by atoms with E-state index in [-0.39, 0.29) is 42.0 Å². The molecule has 1 fully saturated rings. The molecule has 0 bridgehead atoms. The molecule has 2 atom stereocenters. The van der Waals surface area contributed by atoms with E-state index in [9.17, 15) is 4.79 Å². The lowest BCUT2D eigenvalue weighted by Gasteiger charge is -2.30. The SMILES string of the molecule is CC(C)N=CC(=CN)c1nc(N[C@@H]2CCCC[C@@H]2N)c(F)c2c1C(=O)NC2. The number of amides is 1. The molecule has 0 radical (unpaired) electrons. The second kappa shape index (κ2) is 8.04. The van der Waals surface area contributed by atoms with Crippen molar-refractivity contribution in [2.75, 3.05) is 5.32 Å². The molecule has 1 aliphatic carbocycles. The van der Waals surface area contributed by atoms with E-state index in [0.717, 1.165) is 25.7 Å². The molecule has 146 valence electrons. The Morgan fingerprint density at radius 3 is 2.81 bits per heavy atom. The molecule has 27 heavy (non-hydrogen) atoms. The number of hydrogen-bond acceptors (Lipinski definition) is 6. The van der Waals surface area contributed by atoms with Crippen molar-refractivity contribution in [2.24, 2.45) is 16.5 Å². The number of rotatable bonds is 5. The number of nitrogens with two attached hydrogens (primary N) is 2. The highest BCUT2D eigenvalue weighted by atomic mass is 19.1. The fourth-order valence-electron chi connectivity index (χ4n) is 3.51. The van der Waals surface area contributed by atoms with Crippen LogP contribution in [-0.4, -0.2) is 35.2 Å². The lowest BCUT2D eigenvalue weighted by molar-refractivity contribution is 0.0965. The molecule has 3 rings (SSSR count). The van der Waals surface area contributed by atoms with Crippen LogP contribution in [0.5, 0.6) is 0 Å². The summed E-state index contributed by atoms with van der Waals surface area (Å²) in [6.07, 6.45) is 6.79. The zero-order chi connectivity index (χ0) is 19.6. The zero-order valence-electron chi connectivity index (χ0n) is 15.8. The summed E-state index contributed by atoms with van der Waals surface area (Å²) in [5, 5.41) is 5.83. The number of carbonyl (C=O) groups excluding carboxylic acids is 1. The van der Waals surface area contributed by atoms with Gasteiger partial charge in [0.05, 0.1) is 11.3 Å². The van der Waals surface area contributed by atoms with Gasteiger partial charge < -0.3 is 22.1 Å². The van der Waals surface area contributed by atoms with Crippen molar-refractivity contribution in [1.29, 1.82) is 0 Å². The molecule has 6 N–H and O–H groups in total. The maximum absolute atomic E-state index is 15.0. The molecule has 1 saturated carbocycles. The van der Waals surface area contributed by atoms with E-state index in [2.05, 4.69) is 20.6 Å². The van der Waals surface area contributed by atoms with Crippen LogP contribution in [0.15, 0.2) is 11.2 Å². The summed E-state index contributed by atoms with van der Waals surface area (Å²) in [6.45, 7) is 3.98. The van der Waals surface area contributed by atoms with Crippen LogP contribution in [-0.2, 0) is 6.54 Å². The summed E-state index contributed by atoms with van der Waals surface area (Å²) < 4.78 is 15.0. The highest BCUT2D eigenvalue weighted by Crippen LogP contribution is 2.31. The number of fused-ring (bicyclic) bond motifs is 1. The Hall–Kier alpha value is -2.48. The Morgan fingerprint density at radius 1 is 1.41 bits per heavy atom. The third kappa shape index (κ3) is 3.95. The number of nitrogens with one attached hydrogen (secondary N) is 2. The first-order chi connectivity index (χ1) is 12.9. The minimum atomic E-state index is -0.512. The molecule has 8 heteroatoms. The van der Waals surface area contributed by atoms with Gasteiger partial charge in [0, 0.05) is 48.2 Å². The van der Waals surface area contributed by atoms with E-state index in [1.807, 2.05) is 13.8 Å². The quantitative estimate of drug-likeness (QED) is 0.587. The van der Waals surface area contributed by atoms with E-state index < -0.39 is 5.82 Å². The van der Waals surface area contributed by atoms with Crippen LogP contribution in [0.1, 0.15) is 61.1 Å². The van der Waals surface area contributed by atoms with Crippen molar-refractivity contribution < 1.29 is 9.18 Å². The molecule has 7 nitrogen and oxygen atoms in total. The van der Waals surface area contributed by atoms with Crippen LogP contribution in [0.25, 0.3) is 5.57 Å². The molecule has 2 heterocycles. The van der Waals surface area contributed by atoms with Gasteiger partial charge in [-0.2, -0.15) is 0 Å². The number of anilines is 1. The minimum absolute atomic E-state index is 0.0497. The van der Waals surface area contributed by atoms with E-state index in [0.29, 0.717) is 16.8 Å². The van der Waals surface area contributed by atoms with Crippen LogP contribution < -0.4 is 22.1 Å². The lowest BCUT2D eigenvalue weighted by atomic mass is 9.91. The molecule has 2 aliphatic rings. The maximum Gasteiger partial charge on any atom is 0.254 e. The molecule has 1 aromatic rings. The molecular weight excluding hydrogens is 347 g/mol. The Bertz CT molecular complexity index is 789. The first-order valence-electron chi connectivity index (χ1n) is 9.40. The van der Waals surface area contributed by atoms with Crippen molar-refractivity contribution in [3.05, 3.63) is 28.8 Å². The van der Waals surface area contributed by atoms with Gasteiger partial charge in [0.1, 0.15) is 0 Å². The molecule has 0 unspecified atom stereocenters. The van der Waals surface area contributed by atoms with E-state index in [1.165, 1.54) is 6.20 Å². The average Bonchev–Trinajstić information content (AvgIpc) is 3.02.